The molecule has 7 nitrogen and oxygen atoms in total. The van der Waals surface area contributed by atoms with Gasteiger partial charge >= 0.3 is 0 Å². The van der Waals surface area contributed by atoms with Gasteiger partial charge in [-0.05, 0) is 17.2 Å². The molecule has 1 fully saturated rings. The second kappa shape index (κ2) is 9.67. The minimum atomic E-state index is -0.937. The standard InChI is InChI=1S/C23H20ClN3O4.Pd/c24-16-10-17-22(27-23(25-17)31-19-12-30-18(11-28)21(19)29)26-20(16)15-8-6-14(7-9-15)13-4-2-1-3-5-13;/h1-10,18-19,21,28-29H,11-12H2,(H,25,26,27);/t18-,19-,21-;/m1./s1. The molecule has 4 aromatic rings. The van der Waals surface area contributed by atoms with Gasteiger partial charge in [0.2, 0.25) is 0 Å². The van der Waals surface area contributed by atoms with E-state index in [1.165, 1.54) is 0 Å². The number of aromatic nitrogens is 3. The fourth-order valence-electron chi connectivity index (χ4n) is 3.67. The SMILES string of the molecule is OC[C@H]1OC[C@@H](Oc2nc3nc(-c4ccc(-c5ccccc5)cc4)c(Cl)cc3[nH]2)[C@@H]1O.[Pd]. The maximum atomic E-state index is 10.1. The van der Waals surface area contributed by atoms with E-state index in [1.54, 1.807) is 6.07 Å². The van der Waals surface area contributed by atoms with Crippen LogP contribution in [0.2, 0.25) is 5.02 Å². The average molecular weight is 544 g/mol. The molecule has 0 spiro atoms. The smallest absolute Gasteiger partial charge is 0.296 e. The van der Waals surface area contributed by atoms with Crippen molar-refractivity contribution in [1.29, 1.82) is 0 Å². The number of benzene rings is 2. The Morgan fingerprint density at radius 1 is 1.03 bits per heavy atom. The Labute approximate surface area is 203 Å². The molecule has 1 aliphatic rings. The third-order valence-corrected chi connectivity index (χ3v) is 5.64. The second-order valence-electron chi connectivity index (χ2n) is 7.38. The topological polar surface area (TPSA) is 100 Å². The molecule has 2 aromatic carbocycles. The van der Waals surface area contributed by atoms with E-state index in [4.69, 9.17) is 21.1 Å². The van der Waals surface area contributed by atoms with Crippen molar-refractivity contribution in [3.8, 4) is 28.4 Å². The molecule has 1 saturated heterocycles. The largest absolute Gasteiger partial charge is 0.456 e. The Bertz CT molecular complexity index is 1200. The van der Waals surface area contributed by atoms with Gasteiger partial charge in [0.1, 0.15) is 12.2 Å². The molecule has 0 unspecified atom stereocenters. The number of fused-ring (bicyclic) bond motifs is 1. The number of aliphatic hydroxyl groups excluding tert-OH is 2. The molecule has 0 bridgehead atoms. The number of halogens is 1. The number of nitrogens with one attached hydrogen (secondary N) is 1. The van der Waals surface area contributed by atoms with Gasteiger partial charge < -0.3 is 24.7 Å². The van der Waals surface area contributed by atoms with Crippen LogP contribution in [0.1, 0.15) is 0 Å². The van der Waals surface area contributed by atoms with Gasteiger partial charge in [-0.2, -0.15) is 4.98 Å². The summed E-state index contributed by atoms with van der Waals surface area (Å²) in [6.45, 7) is -0.110. The van der Waals surface area contributed by atoms with Crippen LogP contribution >= 0.6 is 11.6 Å². The van der Waals surface area contributed by atoms with Crippen LogP contribution < -0.4 is 4.74 Å². The number of hydrogen-bond acceptors (Lipinski definition) is 6. The van der Waals surface area contributed by atoms with Gasteiger partial charge in [-0.15, -0.1) is 0 Å². The van der Waals surface area contributed by atoms with Crippen LogP contribution in [-0.4, -0.2) is 56.7 Å². The molecular formula is C23H20ClN3O4Pd. The summed E-state index contributed by atoms with van der Waals surface area (Å²) in [5, 5.41) is 19.8. The first kappa shape index (κ1) is 22.9. The summed E-state index contributed by atoms with van der Waals surface area (Å²) in [4.78, 5) is 12.0. The summed E-state index contributed by atoms with van der Waals surface area (Å²) in [5.41, 5.74) is 4.82. The Morgan fingerprint density at radius 2 is 1.72 bits per heavy atom. The summed E-state index contributed by atoms with van der Waals surface area (Å²) in [7, 11) is 0. The molecule has 0 saturated carbocycles. The Morgan fingerprint density at radius 3 is 2.41 bits per heavy atom. The first-order chi connectivity index (χ1) is 15.1. The van der Waals surface area contributed by atoms with Gasteiger partial charge in [-0.25, -0.2) is 4.98 Å². The zero-order valence-electron chi connectivity index (χ0n) is 16.7. The van der Waals surface area contributed by atoms with Crippen LogP contribution in [0.4, 0.5) is 0 Å². The minimum Gasteiger partial charge on any atom is -0.456 e. The van der Waals surface area contributed by atoms with Crippen molar-refractivity contribution in [3.63, 3.8) is 0 Å². The fourth-order valence-corrected chi connectivity index (χ4v) is 3.93. The minimum absolute atomic E-state index is 0. The van der Waals surface area contributed by atoms with E-state index in [-0.39, 0.29) is 39.6 Å². The summed E-state index contributed by atoms with van der Waals surface area (Å²) in [6.07, 6.45) is -2.22. The molecule has 3 atom stereocenters. The molecule has 0 aliphatic carbocycles. The number of ether oxygens (including phenoxy) is 2. The molecule has 5 rings (SSSR count). The van der Waals surface area contributed by atoms with Gasteiger partial charge in [0.25, 0.3) is 6.01 Å². The van der Waals surface area contributed by atoms with Crippen LogP contribution in [-0.2, 0) is 25.2 Å². The average Bonchev–Trinajstić information content (AvgIpc) is 3.36. The van der Waals surface area contributed by atoms with Gasteiger partial charge in [0.15, 0.2) is 11.8 Å². The maximum Gasteiger partial charge on any atom is 0.296 e. The zero-order valence-corrected chi connectivity index (χ0v) is 19.0. The van der Waals surface area contributed by atoms with E-state index in [2.05, 4.69) is 27.1 Å². The summed E-state index contributed by atoms with van der Waals surface area (Å²) in [5.74, 6) is 0. The van der Waals surface area contributed by atoms with Crippen molar-refractivity contribution in [2.24, 2.45) is 0 Å². The summed E-state index contributed by atoms with van der Waals surface area (Å²) in [6, 6.07) is 20.1. The van der Waals surface area contributed by atoms with E-state index < -0.39 is 18.3 Å². The Hall–Kier alpha value is -2.31. The van der Waals surface area contributed by atoms with Gasteiger partial charge in [-0.3, -0.25) is 0 Å². The van der Waals surface area contributed by atoms with Crippen LogP contribution in [0.15, 0.2) is 60.7 Å². The maximum absolute atomic E-state index is 10.1. The number of aromatic amines is 1. The van der Waals surface area contributed by atoms with E-state index in [0.29, 0.717) is 21.9 Å². The van der Waals surface area contributed by atoms with Gasteiger partial charge in [0, 0.05) is 26.0 Å². The predicted molar refractivity (Wildman–Crippen MR) is 117 cm³/mol. The third-order valence-electron chi connectivity index (χ3n) is 5.35. The predicted octanol–water partition coefficient (Wildman–Crippen LogP) is 3.44. The summed E-state index contributed by atoms with van der Waals surface area (Å²) < 4.78 is 11.0. The molecule has 0 radical (unpaired) electrons. The van der Waals surface area contributed by atoms with Crippen molar-refractivity contribution in [3.05, 3.63) is 65.7 Å². The van der Waals surface area contributed by atoms with Crippen molar-refractivity contribution in [2.75, 3.05) is 13.2 Å². The van der Waals surface area contributed by atoms with E-state index in [9.17, 15) is 10.2 Å². The third kappa shape index (κ3) is 4.44. The number of rotatable bonds is 5. The number of aliphatic hydroxyl groups is 2. The molecule has 168 valence electrons. The van der Waals surface area contributed by atoms with Crippen molar-refractivity contribution in [1.82, 2.24) is 15.0 Å². The zero-order chi connectivity index (χ0) is 21.4. The number of nitrogens with zero attached hydrogens (tertiary/aromatic N) is 2. The molecular weight excluding hydrogens is 524 g/mol. The quantitative estimate of drug-likeness (QED) is 0.333. The molecule has 3 heterocycles. The molecule has 0 amide bonds. The molecule has 2 aromatic heterocycles. The van der Waals surface area contributed by atoms with Crippen molar-refractivity contribution < 1.29 is 40.1 Å². The van der Waals surface area contributed by atoms with Crippen LogP contribution in [0.25, 0.3) is 33.5 Å². The Kier molecular flexibility index (Phi) is 6.91. The van der Waals surface area contributed by atoms with Crippen molar-refractivity contribution in [2.45, 2.75) is 18.3 Å². The van der Waals surface area contributed by atoms with Gasteiger partial charge in [-0.1, -0.05) is 66.2 Å². The van der Waals surface area contributed by atoms with Crippen molar-refractivity contribution >= 4 is 22.8 Å². The second-order valence-corrected chi connectivity index (χ2v) is 7.78. The van der Waals surface area contributed by atoms with E-state index >= 15 is 0 Å². The molecule has 32 heavy (non-hydrogen) atoms. The number of H-pyrrole nitrogens is 1. The molecule has 1 aliphatic heterocycles. The van der Waals surface area contributed by atoms with Crippen LogP contribution in [0.3, 0.4) is 0 Å². The fraction of sp³-hybridized carbons (Fsp3) is 0.217. The normalized spacial score (nSPS) is 20.3. The Balaban J connectivity index is 0.00000245. The first-order valence-electron chi connectivity index (χ1n) is 9.91. The number of pyridine rings is 1. The monoisotopic (exact) mass is 543 g/mol. The molecule has 9 heteroatoms. The first-order valence-corrected chi connectivity index (χ1v) is 10.3. The summed E-state index contributed by atoms with van der Waals surface area (Å²) >= 11 is 6.50. The number of hydrogen-bond donors (Lipinski definition) is 3. The van der Waals surface area contributed by atoms with Crippen LogP contribution in [0.5, 0.6) is 6.01 Å². The molecule has 3 N–H and O–H groups in total. The van der Waals surface area contributed by atoms with Crippen LogP contribution in [0, 0.1) is 0 Å². The van der Waals surface area contributed by atoms with E-state index in [0.717, 1.165) is 16.7 Å². The van der Waals surface area contributed by atoms with Gasteiger partial charge in [0.05, 0.1) is 29.4 Å². The number of imidazole rings is 1. The van der Waals surface area contributed by atoms with E-state index in [1.807, 2.05) is 42.5 Å².